The lowest BCUT2D eigenvalue weighted by Crippen LogP contribution is -2.40. The lowest BCUT2D eigenvalue weighted by atomic mass is 10.2. The molecule has 3 N–H and O–H groups in total. The zero-order valence-corrected chi connectivity index (χ0v) is 14.8. The highest BCUT2D eigenvalue weighted by atomic mass is 16.5. The van der Waals surface area contributed by atoms with E-state index in [2.05, 4.69) is 9.97 Å². The predicted molar refractivity (Wildman–Crippen MR) is 101 cm³/mol. The Morgan fingerprint density at radius 3 is 2.59 bits per heavy atom. The summed E-state index contributed by atoms with van der Waals surface area (Å²) in [6, 6.07) is 7.24. The summed E-state index contributed by atoms with van der Waals surface area (Å²) < 4.78 is 11.7. The van der Waals surface area contributed by atoms with E-state index in [-0.39, 0.29) is 28.2 Å². The van der Waals surface area contributed by atoms with E-state index in [1.165, 1.54) is 4.40 Å². The van der Waals surface area contributed by atoms with Gasteiger partial charge < -0.3 is 25.1 Å². The summed E-state index contributed by atoms with van der Waals surface area (Å²) in [5.74, 6) is 0.930. The van der Waals surface area contributed by atoms with E-state index in [0.29, 0.717) is 26.3 Å². The van der Waals surface area contributed by atoms with Crippen LogP contribution in [0.4, 0.5) is 11.5 Å². The average molecular weight is 369 g/mol. The average Bonchev–Trinajstić information content (AvgIpc) is 2.98. The van der Waals surface area contributed by atoms with Crippen LogP contribution in [-0.4, -0.2) is 47.8 Å². The number of fused-ring (bicyclic) bond motifs is 1. The Hall–Kier alpha value is -3.33. The number of imidazole rings is 1. The summed E-state index contributed by atoms with van der Waals surface area (Å²) in [7, 11) is 1.59. The molecular weight excluding hydrogens is 350 g/mol. The standard InChI is InChI=1S/C18H19N5O4/c1-26-12-4-2-11(3-5-12)10-13-17(25)23-15(19)14(16(24)21-18(23)20-13)22-6-8-27-9-7-22/h2-5,10H,6-9,19H2,1H3,(H,20,21,24)/b13-10-. The van der Waals surface area contributed by atoms with Gasteiger partial charge in [-0.3, -0.25) is 9.59 Å². The molecule has 0 amide bonds. The number of nitrogens with one attached hydrogen (secondary N) is 1. The number of H-pyrrole nitrogens is 1. The molecule has 2 aromatic heterocycles. The van der Waals surface area contributed by atoms with E-state index in [4.69, 9.17) is 15.2 Å². The first kappa shape index (κ1) is 17.1. The van der Waals surface area contributed by atoms with Crippen LogP contribution in [0.5, 0.6) is 5.75 Å². The lowest BCUT2D eigenvalue weighted by molar-refractivity contribution is 0.122. The molecule has 1 saturated heterocycles. The van der Waals surface area contributed by atoms with Gasteiger partial charge in [0, 0.05) is 13.1 Å². The van der Waals surface area contributed by atoms with Crippen molar-refractivity contribution in [1.29, 1.82) is 0 Å². The molecule has 1 aliphatic heterocycles. The molecule has 0 spiro atoms. The molecule has 9 nitrogen and oxygen atoms in total. The Balaban J connectivity index is 1.86. The van der Waals surface area contributed by atoms with Crippen molar-refractivity contribution in [2.45, 2.75) is 0 Å². The fraction of sp³-hybridized carbons (Fsp3) is 0.278. The molecule has 9 heteroatoms. The summed E-state index contributed by atoms with van der Waals surface area (Å²) in [5.41, 5.74) is 6.40. The van der Waals surface area contributed by atoms with Gasteiger partial charge in [0.05, 0.1) is 20.3 Å². The quantitative estimate of drug-likeness (QED) is 0.631. The van der Waals surface area contributed by atoms with E-state index in [1.807, 2.05) is 12.1 Å². The number of aromatic amines is 1. The third kappa shape index (κ3) is 3.02. The van der Waals surface area contributed by atoms with Crippen LogP contribution in [0.3, 0.4) is 0 Å². The second kappa shape index (κ2) is 6.76. The molecule has 1 aromatic carbocycles. The van der Waals surface area contributed by atoms with Crippen LogP contribution in [0.25, 0.3) is 11.9 Å². The third-order valence-electron chi connectivity index (χ3n) is 4.54. The van der Waals surface area contributed by atoms with E-state index in [0.717, 1.165) is 11.3 Å². The first-order valence-electron chi connectivity index (χ1n) is 8.51. The van der Waals surface area contributed by atoms with Crippen molar-refractivity contribution < 1.29 is 9.47 Å². The highest BCUT2D eigenvalue weighted by Gasteiger charge is 2.21. The van der Waals surface area contributed by atoms with Crippen molar-refractivity contribution in [2.24, 2.45) is 0 Å². The Kier molecular flexibility index (Phi) is 4.28. The Morgan fingerprint density at radius 1 is 1.22 bits per heavy atom. The number of morpholine rings is 1. The summed E-state index contributed by atoms with van der Waals surface area (Å²) in [4.78, 5) is 34.0. The third-order valence-corrected chi connectivity index (χ3v) is 4.54. The van der Waals surface area contributed by atoms with Gasteiger partial charge in [-0.05, 0) is 23.8 Å². The number of anilines is 2. The maximum Gasteiger partial charge on any atom is 0.300 e. The maximum absolute atomic E-state index is 12.8. The highest BCUT2D eigenvalue weighted by Crippen LogP contribution is 2.18. The van der Waals surface area contributed by atoms with E-state index in [9.17, 15) is 9.59 Å². The molecule has 1 aliphatic rings. The normalized spacial score (nSPS) is 15.4. The molecule has 3 aromatic rings. The topological polar surface area (TPSA) is 115 Å². The Bertz CT molecular complexity index is 1140. The maximum atomic E-state index is 12.8. The minimum absolute atomic E-state index is 0.0857. The number of benzene rings is 1. The van der Waals surface area contributed by atoms with Crippen LogP contribution < -0.4 is 31.8 Å². The lowest BCUT2D eigenvalue weighted by Gasteiger charge is -2.28. The number of methoxy groups -OCH3 is 1. The van der Waals surface area contributed by atoms with Gasteiger partial charge in [0.15, 0.2) is 0 Å². The second-order valence-corrected chi connectivity index (χ2v) is 6.17. The van der Waals surface area contributed by atoms with Crippen molar-refractivity contribution in [2.75, 3.05) is 44.0 Å². The Labute approximate surface area is 153 Å². The van der Waals surface area contributed by atoms with Crippen molar-refractivity contribution in [3.8, 4) is 5.75 Å². The number of nitrogens with two attached hydrogens (primary N) is 1. The fourth-order valence-corrected chi connectivity index (χ4v) is 3.16. The molecule has 0 saturated carbocycles. The van der Waals surface area contributed by atoms with Crippen molar-refractivity contribution in [1.82, 2.24) is 14.4 Å². The predicted octanol–water partition coefficient (Wildman–Crippen LogP) is -0.642. The molecule has 140 valence electrons. The minimum Gasteiger partial charge on any atom is -0.497 e. The van der Waals surface area contributed by atoms with E-state index < -0.39 is 5.56 Å². The summed E-state index contributed by atoms with van der Waals surface area (Å²) in [5, 5.41) is 0.290. The molecule has 0 unspecified atom stereocenters. The SMILES string of the molecule is COc1ccc(/C=c2\[nH]c3nc(=O)c(N4CCOCC4)c(N)n3c2=O)cc1. The van der Waals surface area contributed by atoms with Crippen LogP contribution >= 0.6 is 0 Å². The van der Waals surface area contributed by atoms with Crippen LogP contribution in [0.15, 0.2) is 33.9 Å². The molecule has 1 fully saturated rings. The minimum atomic E-state index is -0.466. The molecule has 0 aliphatic carbocycles. The van der Waals surface area contributed by atoms with Gasteiger partial charge in [0.25, 0.3) is 11.1 Å². The van der Waals surface area contributed by atoms with Crippen molar-refractivity contribution >= 4 is 23.4 Å². The van der Waals surface area contributed by atoms with Gasteiger partial charge >= 0.3 is 0 Å². The molecule has 27 heavy (non-hydrogen) atoms. The zero-order chi connectivity index (χ0) is 19.0. The highest BCUT2D eigenvalue weighted by molar-refractivity contribution is 5.66. The van der Waals surface area contributed by atoms with Gasteiger partial charge in [0.1, 0.15) is 22.6 Å². The molecule has 0 radical (unpaired) electrons. The molecule has 4 rings (SSSR count). The molecular formula is C18H19N5O4. The number of hydrogen-bond acceptors (Lipinski definition) is 7. The van der Waals surface area contributed by atoms with Gasteiger partial charge in [-0.2, -0.15) is 4.98 Å². The number of ether oxygens (including phenoxy) is 2. The molecule has 0 atom stereocenters. The number of nitrogens with zero attached hydrogens (tertiary/aromatic N) is 3. The molecule has 0 bridgehead atoms. The fourth-order valence-electron chi connectivity index (χ4n) is 3.16. The summed E-state index contributed by atoms with van der Waals surface area (Å²) >= 11 is 0. The van der Waals surface area contributed by atoms with Gasteiger partial charge in [-0.15, -0.1) is 0 Å². The van der Waals surface area contributed by atoms with Gasteiger partial charge in [-0.1, -0.05) is 12.1 Å². The number of aromatic nitrogens is 3. The second-order valence-electron chi connectivity index (χ2n) is 6.17. The van der Waals surface area contributed by atoms with Crippen molar-refractivity contribution in [3.63, 3.8) is 0 Å². The zero-order valence-electron chi connectivity index (χ0n) is 14.8. The number of hydrogen-bond donors (Lipinski definition) is 2. The van der Waals surface area contributed by atoms with Crippen LogP contribution in [0.1, 0.15) is 5.56 Å². The van der Waals surface area contributed by atoms with Crippen molar-refractivity contribution in [3.05, 3.63) is 55.9 Å². The Morgan fingerprint density at radius 2 is 1.93 bits per heavy atom. The first-order chi connectivity index (χ1) is 13.1. The van der Waals surface area contributed by atoms with Gasteiger partial charge in [-0.25, -0.2) is 4.40 Å². The largest absolute Gasteiger partial charge is 0.497 e. The number of rotatable bonds is 3. The van der Waals surface area contributed by atoms with Crippen LogP contribution in [0.2, 0.25) is 0 Å². The summed E-state index contributed by atoms with van der Waals surface area (Å²) in [6.45, 7) is 2.04. The smallest absolute Gasteiger partial charge is 0.300 e. The molecule has 3 heterocycles. The first-order valence-corrected chi connectivity index (χ1v) is 8.51. The summed E-state index contributed by atoms with van der Waals surface area (Å²) in [6.07, 6.45) is 1.68. The van der Waals surface area contributed by atoms with E-state index >= 15 is 0 Å². The van der Waals surface area contributed by atoms with E-state index in [1.54, 1.807) is 30.2 Å². The van der Waals surface area contributed by atoms with Crippen LogP contribution in [-0.2, 0) is 4.74 Å². The van der Waals surface area contributed by atoms with Crippen LogP contribution in [0, 0.1) is 0 Å². The monoisotopic (exact) mass is 369 g/mol. The van der Waals surface area contributed by atoms with Gasteiger partial charge in [0.2, 0.25) is 5.78 Å². The number of nitrogen functional groups attached to an aromatic ring is 1.